The number of imidazole rings is 1. The molecule has 2 heterocycles. The highest BCUT2D eigenvalue weighted by atomic mass is 16.3. The molecule has 0 atom stereocenters. The van der Waals surface area contributed by atoms with Crippen LogP contribution in [0.4, 0.5) is 0 Å². The van der Waals surface area contributed by atoms with E-state index in [0.29, 0.717) is 6.04 Å². The number of nitrogens with one attached hydrogen (secondary N) is 2. The fourth-order valence-corrected chi connectivity index (χ4v) is 1.79. The molecule has 0 aliphatic heterocycles. The molecular weight excluding hydrogens is 202 g/mol. The molecule has 16 heavy (non-hydrogen) atoms. The van der Waals surface area contributed by atoms with E-state index in [1.54, 1.807) is 6.26 Å². The number of aryl methyl sites for hydroxylation is 1. The summed E-state index contributed by atoms with van der Waals surface area (Å²) in [6.45, 7) is 2.83. The minimum atomic E-state index is 0.706. The Morgan fingerprint density at radius 2 is 2.44 bits per heavy atom. The molecule has 4 heteroatoms. The highest BCUT2D eigenvalue weighted by Crippen LogP contribution is 2.22. The largest absolute Gasteiger partial charge is 0.463 e. The summed E-state index contributed by atoms with van der Waals surface area (Å²) in [5.74, 6) is 1.81. The lowest BCUT2D eigenvalue weighted by molar-refractivity contribution is 0.579. The molecule has 1 fully saturated rings. The number of aromatic nitrogens is 2. The van der Waals surface area contributed by atoms with Crippen LogP contribution in [0, 0.1) is 6.92 Å². The monoisotopic (exact) mass is 217 g/mol. The molecule has 0 amide bonds. The van der Waals surface area contributed by atoms with E-state index in [1.165, 1.54) is 12.8 Å². The molecule has 2 aromatic heterocycles. The first-order chi connectivity index (χ1) is 7.83. The molecule has 0 radical (unpaired) electrons. The van der Waals surface area contributed by atoms with E-state index in [-0.39, 0.29) is 0 Å². The first-order valence-electron chi connectivity index (χ1n) is 5.65. The van der Waals surface area contributed by atoms with E-state index in [4.69, 9.17) is 4.42 Å². The van der Waals surface area contributed by atoms with Gasteiger partial charge >= 0.3 is 0 Å². The van der Waals surface area contributed by atoms with Crippen LogP contribution in [-0.4, -0.2) is 16.0 Å². The Labute approximate surface area is 94.1 Å². The standard InChI is InChI=1S/C12H15N3O/c1-8-12(10-3-2-6-16-10)15-11(14-8)7-13-9-4-5-9/h2-3,6,9,13H,4-5,7H2,1H3,(H,14,15). The number of aromatic amines is 1. The number of rotatable bonds is 4. The van der Waals surface area contributed by atoms with E-state index < -0.39 is 0 Å². The number of hydrogen-bond acceptors (Lipinski definition) is 3. The molecule has 0 saturated heterocycles. The van der Waals surface area contributed by atoms with Gasteiger partial charge in [-0.05, 0) is 31.9 Å². The van der Waals surface area contributed by atoms with Gasteiger partial charge in [0.2, 0.25) is 0 Å². The van der Waals surface area contributed by atoms with Gasteiger partial charge in [-0.15, -0.1) is 0 Å². The first kappa shape index (κ1) is 9.66. The Balaban J connectivity index is 1.78. The molecule has 0 aromatic carbocycles. The molecule has 0 bridgehead atoms. The van der Waals surface area contributed by atoms with Gasteiger partial charge in [0.1, 0.15) is 11.5 Å². The van der Waals surface area contributed by atoms with Crippen LogP contribution in [0.25, 0.3) is 11.5 Å². The summed E-state index contributed by atoms with van der Waals surface area (Å²) < 4.78 is 5.35. The molecule has 2 aromatic rings. The summed E-state index contributed by atoms with van der Waals surface area (Å²) in [5.41, 5.74) is 1.97. The summed E-state index contributed by atoms with van der Waals surface area (Å²) in [4.78, 5) is 7.82. The fraction of sp³-hybridized carbons (Fsp3) is 0.417. The van der Waals surface area contributed by atoms with Crippen LogP contribution in [0.2, 0.25) is 0 Å². The minimum Gasteiger partial charge on any atom is -0.463 e. The maximum atomic E-state index is 5.35. The van der Waals surface area contributed by atoms with Gasteiger partial charge < -0.3 is 14.7 Å². The van der Waals surface area contributed by atoms with Crippen molar-refractivity contribution in [1.82, 2.24) is 15.3 Å². The second kappa shape index (κ2) is 3.79. The minimum absolute atomic E-state index is 0.706. The van der Waals surface area contributed by atoms with Crippen molar-refractivity contribution < 1.29 is 4.42 Å². The van der Waals surface area contributed by atoms with Crippen molar-refractivity contribution >= 4 is 0 Å². The van der Waals surface area contributed by atoms with Gasteiger partial charge in [0.15, 0.2) is 5.76 Å². The third-order valence-corrected chi connectivity index (χ3v) is 2.82. The third-order valence-electron chi connectivity index (χ3n) is 2.82. The van der Waals surface area contributed by atoms with Gasteiger partial charge in [-0.1, -0.05) is 0 Å². The van der Waals surface area contributed by atoms with E-state index in [2.05, 4.69) is 15.3 Å². The average Bonchev–Trinajstić information content (AvgIpc) is 2.80. The Hall–Kier alpha value is -1.55. The van der Waals surface area contributed by atoms with Crippen molar-refractivity contribution in [1.29, 1.82) is 0 Å². The smallest absolute Gasteiger partial charge is 0.154 e. The van der Waals surface area contributed by atoms with E-state index in [9.17, 15) is 0 Å². The molecule has 3 rings (SSSR count). The van der Waals surface area contributed by atoms with E-state index in [1.807, 2.05) is 19.1 Å². The molecule has 1 aliphatic carbocycles. The molecule has 0 spiro atoms. The summed E-state index contributed by atoms with van der Waals surface area (Å²) in [6, 6.07) is 4.52. The van der Waals surface area contributed by atoms with Crippen LogP contribution in [0.15, 0.2) is 22.8 Å². The SMILES string of the molecule is Cc1[nH]c(CNC2CC2)nc1-c1ccco1. The normalized spacial score (nSPS) is 15.6. The van der Waals surface area contributed by atoms with Crippen LogP contribution >= 0.6 is 0 Å². The lowest BCUT2D eigenvalue weighted by Crippen LogP contribution is -2.16. The highest BCUT2D eigenvalue weighted by Gasteiger charge is 2.21. The van der Waals surface area contributed by atoms with Gasteiger partial charge in [-0.3, -0.25) is 0 Å². The lowest BCUT2D eigenvalue weighted by atomic mass is 10.3. The van der Waals surface area contributed by atoms with Crippen molar-refractivity contribution in [3.05, 3.63) is 29.9 Å². The number of H-pyrrole nitrogens is 1. The maximum absolute atomic E-state index is 5.35. The molecular formula is C12H15N3O. The molecule has 1 saturated carbocycles. The van der Waals surface area contributed by atoms with Gasteiger partial charge in [0, 0.05) is 11.7 Å². The topological polar surface area (TPSA) is 53.9 Å². The summed E-state index contributed by atoms with van der Waals surface area (Å²) in [6.07, 6.45) is 4.26. The van der Waals surface area contributed by atoms with Crippen LogP contribution in [-0.2, 0) is 6.54 Å². The Morgan fingerprint density at radius 3 is 3.12 bits per heavy atom. The van der Waals surface area contributed by atoms with Gasteiger partial charge in [0.25, 0.3) is 0 Å². The van der Waals surface area contributed by atoms with E-state index in [0.717, 1.165) is 29.5 Å². The molecule has 1 aliphatic rings. The van der Waals surface area contributed by atoms with Crippen LogP contribution in [0.1, 0.15) is 24.4 Å². The number of nitrogens with zero attached hydrogens (tertiary/aromatic N) is 1. The molecule has 2 N–H and O–H groups in total. The van der Waals surface area contributed by atoms with Crippen molar-refractivity contribution in [3.63, 3.8) is 0 Å². The molecule has 0 unspecified atom stereocenters. The Morgan fingerprint density at radius 1 is 1.56 bits per heavy atom. The van der Waals surface area contributed by atoms with Crippen molar-refractivity contribution in [2.45, 2.75) is 32.4 Å². The van der Waals surface area contributed by atoms with Gasteiger partial charge in [0.05, 0.1) is 12.8 Å². The predicted octanol–water partition coefficient (Wildman–Crippen LogP) is 2.23. The predicted molar refractivity (Wildman–Crippen MR) is 60.9 cm³/mol. The zero-order valence-corrected chi connectivity index (χ0v) is 9.29. The fourth-order valence-electron chi connectivity index (χ4n) is 1.79. The van der Waals surface area contributed by atoms with Crippen molar-refractivity contribution in [2.75, 3.05) is 0 Å². The van der Waals surface area contributed by atoms with Gasteiger partial charge in [-0.25, -0.2) is 4.98 Å². The zero-order valence-electron chi connectivity index (χ0n) is 9.29. The van der Waals surface area contributed by atoms with Crippen LogP contribution in [0.3, 0.4) is 0 Å². The molecule has 84 valence electrons. The van der Waals surface area contributed by atoms with Crippen LogP contribution < -0.4 is 5.32 Å². The summed E-state index contributed by atoms with van der Waals surface area (Å²) in [5, 5.41) is 3.43. The quantitative estimate of drug-likeness (QED) is 0.825. The van der Waals surface area contributed by atoms with Crippen LogP contribution in [0.5, 0.6) is 0 Å². The van der Waals surface area contributed by atoms with Gasteiger partial charge in [-0.2, -0.15) is 0 Å². The highest BCUT2D eigenvalue weighted by molar-refractivity contribution is 5.55. The Bertz CT molecular complexity index is 468. The first-order valence-corrected chi connectivity index (χ1v) is 5.65. The average molecular weight is 217 g/mol. The second-order valence-electron chi connectivity index (χ2n) is 4.29. The number of hydrogen-bond donors (Lipinski definition) is 2. The lowest BCUT2D eigenvalue weighted by Gasteiger charge is -1.97. The summed E-state index contributed by atoms with van der Waals surface area (Å²) >= 11 is 0. The summed E-state index contributed by atoms with van der Waals surface area (Å²) in [7, 11) is 0. The van der Waals surface area contributed by atoms with Crippen molar-refractivity contribution in [3.8, 4) is 11.5 Å². The number of furan rings is 1. The zero-order chi connectivity index (χ0) is 11.0. The molecule has 4 nitrogen and oxygen atoms in total. The second-order valence-corrected chi connectivity index (χ2v) is 4.29. The third kappa shape index (κ3) is 1.88. The van der Waals surface area contributed by atoms with Crippen molar-refractivity contribution in [2.24, 2.45) is 0 Å². The maximum Gasteiger partial charge on any atom is 0.154 e. The van der Waals surface area contributed by atoms with E-state index >= 15 is 0 Å². The Kier molecular flexibility index (Phi) is 2.29.